The van der Waals surface area contributed by atoms with Crippen LogP contribution in [0.2, 0.25) is 0 Å². The first-order valence-electron chi connectivity index (χ1n) is 4.26. The Hall–Kier alpha value is -2.24. The second kappa shape index (κ2) is 3.49. The molecular weight excluding hydrogens is 198 g/mol. The summed E-state index contributed by atoms with van der Waals surface area (Å²) in [6.45, 7) is -0.472. The largest absolute Gasteiger partial charge is 0.304 e. The van der Waals surface area contributed by atoms with Gasteiger partial charge in [0.2, 0.25) is 0 Å². The first-order chi connectivity index (χ1) is 7.16. The van der Waals surface area contributed by atoms with Crippen LogP contribution in [0.15, 0.2) is 29.1 Å². The minimum atomic E-state index is -0.535. The van der Waals surface area contributed by atoms with E-state index in [2.05, 4.69) is 9.97 Å². The Balaban J connectivity index is 2.62. The van der Waals surface area contributed by atoms with Gasteiger partial charge in [-0.1, -0.05) is 12.1 Å². The van der Waals surface area contributed by atoms with Crippen molar-refractivity contribution in [2.45, 2.75) is 6.54 Å². The van der Waals surface area contributed by atoms with Gasteiger partial charge in [-0.25, -0.2) is 4.98 Å². The Morgan fingerprint density at radius 2 is 2.13 bits per heavy atom. The Labute approximate surface area is 83.7 Å². The predicted octanol–water partition coefficient (Wildman–Crippen LogP) is 0.700. The third-order valence-corrected chi connectivity index (χ3v) is 1.94. The molecule has 6 heteroatoms. The minimum absolute atomic E-state index is 0.0729. The van der Waals surface area contributed by atoms with E-state index in [1.807, 2.05) is 0 Å². The van der Waals surface area contributed by atoms with Crippen molar-refractivity contribution in [1.29, 1.82) is 0 Å². The molecule has 76 valence electrons. The summed E-state index contributed by atoms with van der Waals surface area (Å²) >= 11 is 0. The SMILES string of the molecule is O=c1[nH]c(C[N+](=O)[O-])nc2ccccc12. The number of hydrogen-bond acceptors (Lipinski definition) is 4. The Bertz CT molecular complexity index is 576. The summed E-state index contributed by atoms with van der Waals surface area (Å²) in [7, 11) is 0. The average Bonchev–Trinajstić information content (AvgIpc) is 2.16. The number of para-hydroxylation sites is 1. The molecule has 15 heavy (non-hydrogen) atoms. The maximum Gasteiger partial charge on any atom is 0.260 e. The first kappa shape index (κ1) is 9.32. The van der Waals surface area contributed by atoms with E-state index >= 15 is 0 Å². The van der Waals surface area contributed by atoms with Gasteiger partial charge in [0.15, 0.2) is 5.82 Å². The van der Waals surface area contributed by atoms with Gasteiger partial charge < -0.3 is 4.98 Å². The molecule has 0 bridgehead atoms. The molecule has 0 aliphatic rings. The number of hydrogen-bond donors (Lipinski definition) is 1. The van der Waals surface area contributed by atoms with Gasteiger partial charge in [0.05, 0.1) is 10.9 Å². The van der Waals surface area contributed by atoms with Gasteiger partial charge in [-0.05, 0) is 12.1 Å². The van der Waals surface area contributed by atoms with Crippen LogP contribution in [0.5, 0.6) is 0 Å². The summed E-state index contributed by atoms with van der Waals surface area (Å²) < 4.78 is 0. The Kier molecular flexibility index (Phi) is 2.17. The lowest BCUT2D eigenvalue weighted by molar-refractivity contribution is -0.498. The van der Waals surface area contributed by atoms with E-state index in [4.69, 9.17) is 0 Å². The predicted molar refractivity (Wildman–Crippen MR) is 53.1 cm³/mol. The van der Waals surface area contributed by atoms with Crippen LogP contribution >= 0.6 is 0 Å². The molecule has 0 saturated heterocycles. The average molecular weight is 205 g/mol. The van der Waals surface area contributed by atoms with Gasteiger partial charge in [0.1, 0.15) is 0 Å². The number of nitro groups is 1. The van der Waals surface area contributed by atoms with Crippen LogP contribution in [0.25, 0.3) is 10.9 Å². The zero-order valence-corrected chi connectivity index (χ0v) is 7.64. The third kappa shape index (κ3) is 1.83. The van der Waals surface area contributed by atoms with E-state index in [1.165, 1.54) is 0 Å². The fraction of sp³-hybridized carbons (Fsp3) is 0.111. The highest BCUT2D eigenvalue weighted by molar-refractivity contribution is 5.77. The topological polar surface area (TPSA) is 88.9 Å². The van der Waals surface area contributed by atoms with Gasteiger partial charge in [-0.2, -0.15) is 0 Å². The third-order valence-electron chi connectivity index (χ3n) is 1.94. The number of H-pyrrole nitrogens is 1. The fourth-order valence-electron chi connectivity index (χ4n) is 1.33. The zero-order valence-electron chi connectivity index (χ0n) is 7.64. The number of aromatic amines is 1. The number of fused-ring (bicyclic) bond motifs is 1. The maximum absolute atomic E-state index is 11.5. The molecule has 2 aromatic rings. The Morgan fingerprint density at radius 1 is 1.40 bits per heavy atom. The molecule has 1 aromatic carbocycles. The van der Waals surface area contributed by atoms with Gasteiger partial charge >= 0.3 is 0 Å². The lowest BCUT2D eigenvalue weighted by Crippen LogP contribution is -2.14. The highest BCUT2D eigenvalue weighted by Gasteiger charge is 2.07. The summed E-state index contributed by atoms with van der Waals surface area (Å²) in [4.78, 5) is 27.5. The van der Waals surface area contributed by atoms with Crippen LogP contribution in [0.4, 0.5) is 0 Å². The van der Waals surface area contributed by atoms with Gasteiger partial charge in [0, 0.05) is 4.92 Å². The molecular formula is C9H7N3O3. The lowest BCUT2D eigenvalue weighted by Gasteiger charge is -1.98. The molecule has 0 fully saturated rings. The molecule has 1 aromatic heterocycles. The van der Waals surface area contributed by atoms with Crippen molar-refractivity contribution in [1.82, 2.24) is 9.97 Å². The van der Waals surface area contributed by atoms with Crippen molar-refractivity contribution in [3.8, 4) is 0 Å². The van der Waals surface area contributed by atoms with Crippen LogP contribution in [0, 0.1) is 10.1 Å². The maximum atomic E-state index is 11.5. The molecule has 0 aliphatic carbocycles. The lowest BCUT2D eigenvalue weighted by atomic mass is 10.2. The van der Waals surface area contributed by atoms with E-state index in [0.717, 1.165) is 0 Å². The number of aromatic nitrogens is 2. The van der Waals surface area contributed by atoms with E-state index in [1.54, 1.807) is 24.3 Å². The van der Waals surface area contributed by atoms with Crippen LogP contribution in [0.1, 0.15) is 5.82 Å². The summed E-state index contributed by atoms with van der Waals surface area (Å²) in [5.74, 6) is 0.0729. The molecule has 2 rings (SSSR count). The summed E-state index contributed by atoms with van der Waals surface area (Å²) in [6.07, 6.45) is 0. The van der Waals surface area contributed by atoms with E-state index in [9.17, 15) is 14.9 Å². The molecule has 0 spiro atoms. The zero-order chi connectivity index (χ0) is 10.8. The quantitative estimate of drug-likeness (QED) is 0.577. The van der Waals surface area contributed by atoms with Crippen LogP contribution in [0.3, 0.4) is 0 Å². The molecule has 6 nitrogen and oxygen atoms in total. The summed E-state index contributed by atoms with van der Waals surface area (Å²) in [5.41, 5.74) is 0.121. The molecule has 1 heterocycles. The molecule has 0 atom stereocenters. The minimum Gasteiger partial charge on any atom is -0.304 e. The second-order valence-corrected chi connectivity index (χ2v) is 3.02. The van der Waals surface area contributed by atoms with Gasteiger partial charge in [-0.15, -0.1) is 0 Å². The molecule has 0 amide bonds. The van der Waals surface area contributed by atoms with Crippen molar-refractivity contribution in [2.75, 3.05) is 0 Å². The van der Waals surface area contributed by atoms with Crippen molar-refractivity contribution in [3.05, 3.63) is 50.6 Å². The molecule has 0 radical (unpaired) electrons. The highest BCUT2D eigenvalue weighted by Crippen LogP contribution is 2.05. The van der Waals surface area contributed by atoms with Crippen molar-refractivity contribution in [3.63, 3.8) is 0 Å². The number of benzene rings is 1. The molecule has 1 N–H and O–H groups in total. The van der Waals surface area contributed by atoms with Crippen LogP contribution in [-0.4, -0.2) is 14.9 Å². The van der Waals surface area contributed by atoms with Crippen molar-refractivity contribution in [2.24, 2.45) is 0 Å². The number of nitrogens with zero attached hydrogens (tertiary/aromatic N) is 2. The molecule has 0 unspecified atom stereocenters. The van der Waals surface area contributed by atoms with E-state index in [0.29, 0.717) is 10.9 Å². The summed E-state index contributed by atoms with van der Waals surface area (Å²) in [5, 5.41) is 10.7. The van der Waals surface area contributed by atoms with Gasteiger partial charge in [-0.3, -0.25) is 14.9 Å². The van der Waals surface area contributed by atoms with Crippen molar-refractivity contribution < 1.29 is 4.92 Å². The summed E-state index contributed by atoms with van der Waals surface area (Å²) in [6, 6.07) is 6.71. The van der Waals surface area contributed by atoms with E-state index in [-0.39, 0.29) is 11.4 Å². The first-order valence-corrected chi connectivity index (χ1v) is 4.26. The normalized spacial score (nSPS) is 10.4. The second-order valence-electron chi connectivity index (χ2n) is 3.02. The van der Waals surface area contributed by atoms with Crippen LogP contribution < -0.4 is 5.56 Å². The highest BCUT2D eigenvalue weighted by atomic mass is 16.6. The fourth-order valence-corrected chi connectivity index (χ4v) is 1.33. The number of nitrogens with one attached hydrogen (secondary N) is 1. The molecule has 0 aliphatic heterocycles. The van der Waals surface area contributed by atoms with Crippen LogP contribution in [-0.2, 0) is 6.54 Å². The monoisotopic (exact) mass is 205 g/mol. The van der Waals surface area contributed by atoms with E-state index < -0.39 is 11.5 Å². The van der Waals surface area contributed by atoms with Crippen molar-refractivity contribution >= 4 is 10.9 Å². The number of rotatable bonds is 2. The van der Waals surface area contributed by atoms with Gasteiger partial charge in [0.25, 0.3) is 12.1 Å². The Morgan fingerprint density at radius 3 is 2.87 bits per heavy atom. The smallest absolute Gasteiger partial charge is 0.260 e. The standard InChI is InChI=1S/C9H7N3O3/c13-9-6-3-1-2-4-7(6)10-8(11-9)5-12(14)15/h1-4H,5H2,(H,10,11,13). The molecule has 0 saturated carbocycles.